The van der Waals surface area contributed by atoms with E-state index in [1.165, 1.54) is 18.3 Å². The Bertz CT molecular complexity index is 911. The quantitative estimate of drug-likeness (QED) is 0.495. The van der Waals surface area contributed by atoms with Crippen molar-refractivity contribution in [3.8, 4) is 5.75 Å². The van der Waals surface area contributed by atoms with Gasteiger partial charge in [-0.3, -0.25) is 25.2 Å². The lowest BCUT2D eigenvalue weighted by Crippen LogP contribution is -2.40. The molecule has 0 spiro atoms. The van der Waals surface area contributed by atoms with E-state index in [-0.39, 0.29) is 18.4 Å². The molecule has 154 valence electrons. The zero-order chi connectivity index (χ0) is 20.8. The van der Waals surface area contributed by atoms with E-state index in [2.05, 4.69) is 16.2 Å². The summed E-state index contributed by atoms with van der Waals surface area (Å²) in [6.07, 6.45) is 4.78. The van der Waals surface area contributed by atoms with E-state index >= 15 is 0 Å². The lowest BCUT2D eigenvalue weighted by molar-refractivity contribution is -0.120. The monoisotopic (exact) mass is 435 g/mol. The summed E-state index contributed by atoms with van der Waals surface area (Å²) in [6.45, 7) is 1.11. The van der Waals surface area contributed by atoms with Crippen molar-refractivity contribution in [2.24, 2.45) is 0 Å². The van der Waals surface area contributed by atoms with Crippen LogP contribution in [-0.2, 0) is 22.4 Å². The molecule has 0 fully saturated rings. The van der Waals surface area contributed by atoms with Gasteiger partial charge in [0.15, 0.2) is 6.61 Å². The molecule has 1 aliphatic carbocycles. The van der Waals surface area contributed by atoms with Crippen LogP contribution in [0.25, 0.3) is 0 Å². The van der Waals surface area contributed by atoms with Crippen LogP contribution in [0.4, 0.5) is 5.00 Å². The molecule has 0 radical (unpaired) electrons. The van der Waals surface area contributed by atoms with Gasteiger partial charge in [0.2, 0.25) is 5.91 Å². The van der Waals surface area contributed by atoms with Crippen molar-refractivity contribution in [3.05, 3.63) is 45.3 Å². The number of carbonyl (C=O) groups is 3. The van der Waals surface area contributed by atoms with Gasteiger partial charge in [0, 0.05) is 16.8 Å². The number of anilines is 1. The minimum atomic E-state index is -0.437. The number of benzene rings is 1. The van der Waals surface area contributed by atoms with Gasteiger partial charge in [-0.05, 0) is 55.5 Å². The van der Waals surface area contributed by atoms with Gasteiger partial charge in [0.25, 0.3) is 11.8 Å². The van der Waals surface area contributed by atoms with Gasteiger partial charge in [-0.25, -0.2) is 0 Å². The van der Waals surface area contributed by atoms with Gasteiger partial charge >= 0.3 is 0 Å². The first-order valence-corrected chi connectivity index (χ1v) is 10.5. The number of aryl methyl sites for hydroxylation is 1. The number of rotatable bonds is 5. The first-order chi connectivity index (χ1) is 13.9. The SMILES string of the molecule is CC(=O)NNC(=O)c1c(NC(=O)COc2ccc(Cl)cc2)sc2c1CCCCC2. The fraction of sp³-hybridized carbons (Fsp3) is 0.350. The molecule has 29 heavy (non-hydrogen) atoms. The van der Waals surface area contributed by atoms with E-state index in [9.17, 15) is 14.4 Å². The molecule has 3 rings (SSSR count). The molecule has 0 bridgehead atoms. The maximum Gasteiger partial charge on any atom is 0.272 e. The van der Waals surface area contributed by atoms with Crippen molar-refractivity contribution < 1.29 is 19.1 Å². The van der Waals surface area contributed by atoms with Gasteiger partial charge in [-0.15, -0.1) is 11.3 Å². The summed E-state index contributed by atoms with van der Waals surface area (Å²) in [5.74, 6) is -0.657. The molecular weight excluding hydrogens is 414 g/mol. The summed E-state index contributed by atoms with van der Waals surface area (Å²) in [6, 6.07) is 6.70. The molecule has 0 saturated carbocycles. The molecule has 1 heterocycles. The lowest BCUT2D eigenvalue weighted by Gasteiger charge is -2.10. The number of halogens is 1. The number of hydrogen-bond donors (Lipinski definition) is 3. The minimum absolute atomic E-state index is 0.197. The Labute approximate surface area is 177 Å². The molecule has 0 atom stereocenters. The summed E-state index contributed by atoms with van der Waals surface area (Å²) in [5, 5.41) is 3.85. The topological polar surface area (TPSA) is 96.5 Å². The van der Waals surface area contributed by atoms with Crippen LogP contribution in [-0.4, -0.2) is 24.3 Å². The number of nitrogens with one attached hydrogen (secondary N) is 3. The van der Waals surface area contributed by atoms with Crippen LogP contribution in [0.3, 0.4) is 0 Å². The zero-order valence-corrected chi connectivity index (χ0v) is 17.5. The third-order valence-corrected chi connectivity index (χ3v) is 5.90. The Kier molecular flexibility index (Phi) is 7.11. The van der Waals surface area contributed by atoms with E-state index in [1.807, 2.05) is 0 Å². The highest BCUT2D eigenvalue weighted by atomic mass is 35.5. The molecular formula is C20H22ClN3O4S. The van der Waals surface area contributed by atoms with Crippen LogP contribution in [0.2, 0.25) is 5.02 Å². The van der Waals surface area contributed by atoms with Gasteiger partial charge in [-0.2, -0.15) is 0 Å². The Morgan fingerprint density at radius 2 is 1.79 bits per heavy atom. The average Bonchev–Trinajstić information content (AvgIpc) is 2.86. The molecule has 0 saturated heterocycles. The normalized spacial score (nSPS) is 13.0. The molecule has 7 nitrogen and oxygen atoms in total. The minimum Gasteiger partial charge on any atom is -0.484 e. The number of hydrogen-bond acceptors (Lipinski definition) is 5. The molecule has 1 aliphatic rings. The smallest absolute Gasteiger partial charge is 0.272 e. The summed E-state index contributed by atoms with van der Waals surface area (Å²) in [7, 11) is 0. The highest BCUT2D eigenvalue weighted by Crippen LogP contribution is 2.37. The van der Waals surface area contributed by atoms with E-state index < -0.39 is 5.91 Å². The van der Waals surface area contributed by atoms with Crippen LogP contribution >= 0.6 is 22.9 Å². The molecule has 9 heteroatoms. The molecule has 1 aromatic carbocycles. The van der Waals surface area contributed by atoms with Crippen molar-refractivity contribution >= 4 is 45.7 Å². The van der Waals surface area contributed by atoms with Crippen molar-refractivity contribution in [2.45, 2.75) is 39.0 Å². The fourth-order valence-electron chi connectivity index (χ4n) is 3.12. The molecule has 3 N–H and O–H groups in total. The van der Waals surface area contributed by atoms with Gasteiger partial charge in [0.05, 0.1) is 5.56 Å². The van der Waals surface area contributed by atoms with Crippen molar-refractivity contribution in [1.29, 1.82) is 0 Å². The Morgan fingerprint density at radius 1 is 1.07 bits per heavy atom. The number of ether oxygens (including phenoxy) is 1. The van der Waals surface area contributed by atoms with Gasteiger partial charge < -0.3 is 10.1 Å². The maximum absolute atomic E-state index is 12.7. The largest absolute Gasteiger partial charge is 0.484 e. The maximum atomic E-state index is 12.7. The standard InChI is InChI=1S/C20H22ClN3O4S/c1-12(25)23-24-19(27)18-15-5-3-2-4-6-16(15)29-20(18)22-17(26)11-28-14-9-7-13(21)8-10-14/h7-10H,2-6,11H2,1H3,(H,22,26)(H,23,25)(H,24,27). The molecule has 1 aromatic heterocycles. The third-order valence-electron chi connectivity index (χ3n) is 4.44. The first-order valence-electron chi connectivity index (χ1n) is 9.33. The van der Waals surface area contributed by atoms with Crippen LogP contribution < -0.4 is 20.9 Å². The summed E-state index contributed by atoms with van der Waals surface area (Å²) in [4.78, 5) is 37.4. The highest BCUT2D eigenvalue weighted by molar-refractivity contribution is 7.17. The second kappa shape index (κ2) is 9.76. The first kappa shape index (κ1) is 21.1. The molecule has 0 unspecified atom stereocenters. The van der Waals surface area contributed by atoms with E-state index in [4.69, 9.17) is 16.3 Å². The second-order valence-electron chi connectivity index (χ2n) is 6.69. The Balaban J connectivity index is 1.74. The number of fused-ring (bicyclic) bond motifs is 1. The summed E-state index contributed by atoms with van der Waals surface area (Å²) < 4.78 is 5.47. The van der Waals surface area contributed by atoms with Gasteiger partial charge in [0.1, 0.15) is 10.8 Å². The highest BCUT2D eigenvalue weighted by Gasteiger charge is 2.26. The lowest BCUT2D eigenvalue weighted by atomic mass is 10.1. The third kappa shape index (κ3) is 5.71. The number of thiophene rings is 1. The van der Waals surface area contributed by atoms with Crippen molar-refractivity contribution in [1.82, 2.24) is 10.9 Å². The number of carbonyl (C=O) groups excluding carboxylic acids is 3. The Morgan fingerprint density at radius 3 is 2.52 bits per heavy atom. The number of amides is 3. The second-order valence-corrected chi connectivity index (χ2v) is 8.24. The number of hydrazine groups is 1. The predicted octanol–water partition coefficient (Wildman–Crippen LogP) is 3.47. The molecule has 0 aliphatic heterocycles. The Hall–Kier alpha value is -2.58. The van der Waals surface area contributed by atoms with Crippen LogP contribution in [0, 0.1) is 0 Å². The van der Waals surface area contributed by atoms with Crippen LogP contribution in [0.1, 0.15) is 47.0 Å². The van der Waals surface area contributed by atoms with E-state index in [1.54, 1.807) is 24.3 Å². The molecule has 3 amide bonds. The van der Waals surface area contributed by atoms with E-state index in [0.29, 0.717) is 21.3 Å². The average molecular weight is 436 g/mol. The van der Waals surface area contributed by atoms with Crippen LogP contribution in [0.5, 0.6) is 5.75 Å². The zero-order valence-electron chi connectivity index (χ0n) is 16.0. The van der Waals surface area contributed by atoms with Crippen molar-refractivity contribution in [3.63, 3.8) is 0 Å². The van der Waals surface area contributed by atoms with E-state index in [0.717, 1.165) is 42.5 Å². The molecule has 2 aromatic rings. The van der Waals surface area contributed by atoms with Crippen molar-refractivity contribution in [2.75, 3.05) is 11.9 Å². The summed E-state index contributed by atoms with van der Waals surface area (Å²) >= 11 is 7.25. The summed E-state index contributed by atoms with van der Waals surface area (Å²) in [5.41, 5.74) is 6.08. The fourth-order valence-corrected chi connectivity index (χ4v) is 4.55. The van der Waals surface area contributed by atoms with Gasteiger partial charge in [-0.1, -0.05) is 18.0 Å². The predicted molar refractivity (Wildman–Crippen MR) is 112 cm³/mol. The van der Waals surface area contributed by atoms with Crippen LogP contribution in [0.15, 0.2) is 24.3 Å².